The fraction of sp³-hybridized carbons (Fsp3) is 0.385. The normalized spacial score (nSPS) is 18.6. The van der Waals surface area contributed by atoms with E-state index in [0.717, 1.165) is 24.2 Å². The highest BCUT2D eigenvalue weighted by Gasteiger charge is 2.40. The van der Waals surface area contributed by atoms with E-state index >= 15 is 0 Å². The average Bonchev–Trinajstić information content (AvgIpc) is 3.21. The van der Waals surface area contributed by atoms with E-state index in [1.54, 1.807) is 0 Å². The van der Waals surface area contributed by atoms with Crippen LogP contribution in [0, 0.1) is 0 Å². The number of hydrogen-bond acceptors (Lipinski definition) is 3. The average molecular weight is 246 g/mol. The van der Waals surface area contributed by atoms with Gasteiger partial charge in [-0.05, 0) is 25.0 Å². The molecule has 0 radical (unpaired) electrons. The van der Waals surface area contributed by atoms with E-state index in [1.165, 1.54) is 12.0 Å². The molecular formula is C13H14N2O3. The molecule has 0 aromatic heterocycles. The molecule has 0 bridgehead atoms. The summed E-state index contributed by atoms with van der Waals surface area (Å²) in [6, 6.07) is 7.76. The van der Waals surface area contributed by atoms with Crippen molar-refractivity contribution >= 4 is 23.4 Å². The molecule has 2 amide bonds. The number of methoxy groups -OCH3 is 1. The van der Waals surface area contributed by atoms with Gasteiger partial charge in [0.15, 0.2) is 0 Å². The van der Waals surface area contributed by atoms with Crippen molar-refractivity contribution in [1.29, 1.82) is 0 Å². The van der Waals surface area contributed by atoms with E-state index in [-0.39, 0.29) is 12.5 Å². The van der Waals surface area contributed by atoms with Gasteiger partial charge in [0.2, 0.25) is 5.91 Å². The largest absolute Gasteiger partial charge is 0.452 e. The van der Waals surface area contributed by atoms with Crippen molar-refractivity contribution in [2.45, 2.75) is 18.9 Å². The first-order chi connectivity index (χ1) is 8.72. The Balaban J connectivity index is 2.05. The Labute approximate surface area is 105 Å². The maximum atomic E-state index is 12.1. The molecule has 1 fully saturated rings. The quantitative estimate of drug-likeness (QED) is 0.758. The molecule has 1 aromatic rings. The zero-order valence-corrected chi connectivity index (χ0v) is 10.1. The number of anilines is 2. The standard InChI is InChI=1S/C13H14N2O3/c1-18-13(17)14-8-12(16)15(9-6-7-9)11-5-3-2-4-10(11)14/h2-5,9H,6-8H2,1H3. The molecule has 1 aromatic carbocycles. The Morgan fingerprint density at radius 1 is 1.28 bits per heavy atom. The van der Waals surface area contributed by atoms with Crippen molar-refractivity contribution in [3.05, 3.63) is 24.3 Å². The van der Waals surface area contributed by atoms with Crippen LogP contribution in [0.5, 0.6) is 0 Å². The number of carbonyl (C=O) groups is 2. The predicted molar refractivity (Wildman–Crippen MR) is 66.7 cm³/mol. The molecular weight excluding hydrogens is 232 g/mol. The van der Waals surface area contributed by atoms with Crippen LogP contribution in [-0.2, 0) is 9.53 Å². The van der Waals surface area contributed by atoms with E-state index in [4.69, 9.17) is 4.74 Å². The number of nitrogens with zero attached hydrogens (tertiary/aromatic N) is 2. The topological polar surface area (TPSA) is 49.9 Å². The highest BCUT2D eigenvalue weighted by Crippen LogP contribution is 2.40. The second kappa shape index (κ2) is 4.01. The number of benzene rings is 1. The Morgan fingerprint density at radius 2 is 1.94 bits per heavy atom. The zero-order chi connectivity index (χ0) is 12.7. The minimum Gasteiger partial charge on any atom is -0.452 e. The van der Waals surface area contributed by atoms with Crippen LogP contribution in [-0.4, -0.2) is 31.7 Å². The van der Waals surface area contributed by atoms with Crippen LogP contribution < -0.4 is 9.80 Å². The molecule has 1 aliphatic carbocycles. The second-order valence-electron chi connectivity index (χ2n) is 4.54. The molecule has 1 saturated carbocycles. The van der Waals surface area contributed by atoms with Crippen molar-refractivity contribution in [3.8, 4) is 0 Å². The van der Waals surface area contributed by atoms with Gasteiger partial charge in [-0.25, -0.2) is 4.79 Å². The minimum atomic E-state index is -0.494. The van der Waals surface area contributed by atoms with Crippen LogP contribution in [0.4, 0.5) is 16.2 Å². The molecule has 0 N–H and O–H groups in total. The van der Waals surface area contributed by atoms with E-state index in [9.17, 15) is 9.59 Å². The van der Waals surface area contributed by atoms with Crippen LogP contribution in [0.1, 0.15) is 12.8 Å². The van der Waals surface area contributed by atoms with Crippen molar-refractivity contribution in [1.82, 2.24) is 0 Å². The predicted octanol–water partition coefficient (Wildman–Crippen LogP) is 1.77. The number of fused-ring (bicyclic) bond motifs is 1. The van der Waals surface area contributed by atoms with Gasteiger partial charge in [-0.15, -0.1) is 0 Å². The Kier molecular flexibility index (Phi) is 2.47. The number of para-hydroxylation sites is 2. The summed E-state index contributed by atoms with van der Waals surface area (Å²) in [5.41, 5.74) is 1.55. The van der Waals surface area contributed by atoms with E-state index in [0.29, 0.717) is 6.04 Å². The number of ether oxygens (including phenoxy) is 1. The third kappa shape index (κ3) is 1.63. The lowest BCUT2D eigenvalue weighted by atomic mass is 10.1. The lowest BCUT2D eigenvalue weighted by Crippen LogP contribution is -2.49. The number of carbonyl (C=O) groups excluding carboxylic acids is 2. The summed E-state index contributed by atoms with van der Waals surface area (Å²) < 4.78 is 4.72. The second-order valence-corrected chi connectivity index (χ2v) is 4.54. The molecule has 5 heteroatoms. The van der Waals surface area contributed by atoms with Crippen LogP contribution in [0.2, 0.25) is 0 Å². The third-order valence-corrected chi connectivity index (χ3v) is 3.30. The van der Waals surface area contributed by atoms with Gasteiger partial charge < -0.3 is 9.64 Å². The summed E-state index contributed by atoms with van der Waals surface area (Å²) in [5, 5.41) is 0. The van der Waals surface area contributed by atoms with Crippen LogP contribution in [0.25, 0.3) is 0 Å². The van der Waals surface area contributed by atoms with Crippen LogP contribution in [0.15, 0.2) is 24.3 Å². The van der Waals surface area contributed by atoms with Gasteiger partial charge in [-0.2, -0.15) is 0 Å². The molecule has 94 valence electrons. The van der Waals surface area contributed by atoms with Gasteiger partial charge in [0, 0.05) is 6.04 Å². The fourth-order valence-electron chi connectivity index (χ4n) is 2.33. The molecule has 1 aliphatic heterocycles. The van der Waals surface area contributed by atoms with Gasteiger partial charge in [0.05, 0.1) is 18.5 Å². The first-order valence-corrected chi connectivity index (χ1v) is 5.99. The van der Waals surface area contributed by atoms with Crippen LogP contribution >= 0.6 is 0 Å². The van der Waals surface area contributed by atoms with Gasteiger partial charge in [-0.1, -0.05) is 12.1 Å². The maximum Gasteiger partial charge on any atom is 0.414 e. The molecule has 18 heavy (non-hydrogen) atoms. The molecule has 1 heterocycles. The highest BCUT2D eigenvalue weighted by atomic mass is 16.5. The van der Waals surface area contributed by atoms with Gasteiger partial charge in [0.1, 0.15) is 6.54 Å². The third-order valence-electron chi connectivity index (χ3n) is 3.30. The lowest BCUT2D eigenvalue weighted by molar-refractivity contribution is -0.117. The lowest BCUT2D eigenvalue weighted by Gasteiger charge is -2.35. The van der Waals surface area contributed by atoms with E-state index in [2.05, 4.69) is 0 Å². The summed E-state index contributed by atoms with van der Waals surface area (Å²) in [7, 11) is 1.32. The van der Waals surface area contributed by atoms with E-state index < -0.39 is 6.09 Å². The molecule has 2 aliphatic rings. The first kappa shape index (κ1) is 11.1. The maximum absolute atomic E-state index is 12.1. The summed E-state index contributed by atoms with van der Waals surface area (Å²) in [6.07, 6.45) is 1.59. The molecule has 0 atom stereocenters. The van der Waals surface area contributed by atoms with Crippen LogP contribution in [0.3, 0.4) is 0 Å². The first-order valence-electron chi connectivity index (χ1n) is 5.99. The fourth-order valence-corrected chi connectivity index (χ4v) is 2.33. The van der Waals surface area contributed by atoms with Gasteiger partial charge >= 0.3 is 6.09 Å². The number of amides is 2. The number of rotatable bonds is 1. The molecule has 0 saturated heterocycles. The van der Waals surface area contributed by atoms with Gasteiger partial charge in [0.25, 0.3) is 0 Å². The van der Waals surface area contributed by atoms with Crippen molar-refractivity contribution in [3.63, 3.8) is 0 Å². The minimum absolute atomic E-state index is 0.0402. The smallest absolute Gasteiger partial charge is 0.414 e. The summed E-state index contributed by atoms with van der Waals surface area (Å²) in [5.74, 6) is -0.0402. The highest BCUT2D eigenvalue weighted by molar-refractivity contribution is 6.10. The summed E-state index contributed by atoms with van der Waals surface area (Å²) in [6.45, 7) is 0.0557. The Hall–Kier alpha value is -2.04. The monoisotopic (exact) mass is 246 g/mol. The summed E-state index contributed by atoms with van der Waals surface area (Å²) >= 11 is 0. The molecule has 0 unspecified atom stereocenters. The van der Waals surface area contributed by atoms with E-state index in [1.807, 2.05) is 29.2 Å². The summed E-state index contributed by atoms with van der Waals surface area (Å²) in [4.78, 5) is 27.0. The van der Waals surface area contributed by atoms with Gasteiger partial charge in [-0.3, -0.25) is 9.69 Å². The zero-order valence-electron chi connectivity index (χ0n) is 10.1. The Morgan fingerprint density at radius 3 is 2.56 bits per heavy atom. The van der Waals surface area contributed by atoms with Crippen molar-refractivity contribution in [2.75, 3.05) is 23.5 Å². The van der Waals surface area contributed by atoms with Crippen molar-refractivity contribution < 1.29 is 14.3 Å². The SMILES string of the molecule is COC(=O)N1CC(=O)N(C2CC2)c2ccccc21. The Bertz CT molecular complexity index is 511. The van der Waals surface area contributed by atoms with Crippen molar-refractivity contribution in [2.24, 2.45) is 0 Å². The molecule has 3 rings (SSSR count). The molecule has 0 spiro atoms. The molecule has 5 nitrogen and oxygen atoms in total. The number of hydrogen-bond donors (Lipinski definition) is 0.